The van der Waals surface area contributed by atoms with E-state index in [0.29, 0.717) is 30.8 Å². The highest BCUT2D eigenvalue weighted by atomic mass is 16.7. The molecule has 2 aromatic carbocycles. The average molecular weight is 422 g/mol. The van der Waals surface area contributed by atoms with Crippen LogP contribution in [0.25, 0.3) is 0 Å². The molecular weight excluding hydrogens is 396 g/mol. The van der Waals surface area contributed by atoms with E-state index in [0.717, 1.165) is 30.0 Å². The molecule has 0 aromatic heterocycles. The summed E-state index contributed by atoms with van der Waals surface area (Å²) >= 11 is 0. The number of nitrogens with zero attached hydrogens (tertiary/aromatic N) is 1. The molecule has 0 radical (unpaired) electrons. The van der Waals surface area contributed by atoms with Gasteiger partial charge in [0.25, 0.3) is 5.91 Å². The van der Waals surface area contributed by atoms with Crippen LogP contribution in [-0.2, 0) is 6.54 Å². The Morgan fingerprint density at radius 2 is 2.03 bits per heavy atom. The van der Waals surface area contributed by atoms with E-state index in [2.05, 4.69) is 16.1 Å². The summed E-state index contributed by atoms with van der Waals surface area (Å²) in [6, 6.07) is 12.4. The number of nitrogens with one attached hydrogen (secondary N) is 1. The van der Waals surface area contributed by atoms with Gasteiger partial charge >= 0.3 is 0 Å². The first-order valence-electron chi connectivity index (χ1n) is 10.4. The number of ether oxygens (including phenoxy) is 3. The van der Waals surface area contributed by atoms with Gasteiger partial charge in [-0.3, -0.25) is 9.69 Å². The van der Waals surface area contributed by atoms with Gasteiger partial charge in [-0.15, -0.1) is 6.42 Å². The second-order valence-electron chi connectivity index (χ2n) is 7.73. The van der Waals surface area contributed by atoms with Crippen molar-refractivity contribution >= 4 is 5.91 Å². The summed E-state index contributed by atoms with van der Waals surface area (Å²) in [5.74, 6) is 4.31. The molecule has 4 rings (SSSR count). The summed E-state index contributed by atoms with van der Waals surface area (Å²) in [5.41, 5.74) is 1.61. The highest BCUT2D eigenvalue weighted by Crippen LogP contribution is 2.33. The van der Waals surface area contributed by atoms with Gasteiger partial charge in [-0.2, -0.15) is 0 Å². The number of aliphatic hydroxyl groups is 1. The van der Waals surface area contributed by atoms with Crippen molar-refractivity contribution in [2.45, 2.75) is 31.5 Å². The van der Waals surface area contributed by atoms with Crippen LogP contribution in [0.15, 0.2) is 42.5 Å². The Morgan fingerprint density at radius 3 is 2.84 bits per heavy atom. The first-order valence-corrected chi connectivity index (χ1v) is 10.4. The van der Waals surface area contributed by atoms with Gasteiger partial charge in [0.1, 0.15) is 12.4 Å². The molecule has 162 valence electrons. The summed E-state index contributed by atoms with van der Waals surface area (Å²) < 4.78 is 16.2. The molecule has 2 atom stereocenters. The van der Waals surface area contributed by atoms with Gasteiger partial charge in [0.2, 0.25) is 6.79 Å². The van der Waals surface area contributed by atoms with Gasteiger partial charge in [0.05, 0.1) is 12.1 Å². The predicted molar refractivity (Wildman–Crippen MR) is 115 cm³/mol. The molecule has 0 saturated carbocycles. The van der Waals surface area contributed by atoms with Crippen LogP contribution in [-0.4, -0.2) is 54.5 Å². The van der Waals surface area contributed by atoms with E-state index < -0.39 is 6.10 Å². The summed E-state index contributed by atoms with van der Waals surface area (Å²) in [6.45, 7) is 2.54. The van der Waals surface area contributed by atoms with Crippen molar-refractivity contribution in [3.05, 3.63) is 53.6 Å². The molecule has 2 aromatic rings. The number of fused-ring (bicyclic) bond motifs is 1. The fourth-order valence-corrected chi connectivity index (χ4v) is 3.88. The van der Waals surface area contributed by atoms with Crippen molar-refractivity contribution in [1.82, 2.24) is 10.2 Å². The van der Waals surface area contributed by atoms with Crippen molar-refractivity contribution in [2.75, 3.05) is 26.5 Å². The number of amides is 1. The number of benzene rings is 2. The van der Waals surface area contributed by atoms with Crippen molar-refractivity contribution in [2.24, 2.45) is 0 Å². The number of rotatable bonds is 6. The van der Waals surface area contributed by atoms with E-state index in [1.165, 1.54) is 0 Å². The maximum absolute atomic E-state index is 12.7. The maximum Gasteiger partial charge on any atom is 0.251 e. The highest BCUT2D eigenvalue weighted by Gasteiger charge is 2.27. The van der Waals surface area contributed by atoms with Gasteiger partial charge in [-0.25, -0.2) is 0 Å². The normalized spacial score (nSPS) is 20.5. The Bertz CT molecular complexity index is 953. The van der Waals surface area contributed by atoms with Crippen molar-refractivity contribution in [1.29, 1.82) is 0 Å². The molecular formula is C24H26N2O5. The van der Waals surface area contributed by atoms with Crippen molar-refractivity contribution < 1.29 is 24.1 Å². The molecule has 2 aliphatic rings. The Morgan fingerprint density at radius 1 is 1.23 bits per heavy atom. The first kappa shape index (κ1) is 21.0. The minimum Gasteiger partial charge on any atom is -0.481 e. The first-order chi connectivity index (χ1) is 15.1. The second-order valence-corrected chi connectivity index (χ2v) is 7.73. The molecule has 1 saturated heterocycles. The Kier molecular flexibility index (Phi) is 6.60. The lowest BCUT2D eigenvalue weighted by molar-refractivity contribution is 0.0798. The Hall–Kier alpha value is -3.21. The van der Waals surface area contributed by atoms with Gasteiger partial charge in [0.15, 0.2) is 11.5 Å². The smallest absolute Gasteiger partial charge is 0.251 e. The molecule has 0 unspecified atom stereocenters. The van der Waals surface area contributed by atoms with Crippen LogP contribution in [0, 0.1) is 12.3 Å². The largest absolute Gasteiger partial charge is 0.481 e. The lowest BCUT2D eigenvalue weighted by atomic mass is 10.1. The number of carbonyl (C=O) groups is 1. The third-order valence-corrected chi connectivity index (χ3v) is 5.49. The Labute approximate surface area is 181 Å². The predicted octanol–water partition coefficient (Wildman–Crippen LogP) is 2.18. The number of aliphatic hydroxyl groups excluding tert-OH is 1. The lowest BCUT2D eigenvalue weighted by Gasteiger charge is -2.27. The third-order valence-electron chi connectivity index (χ3n) is 5.49. The molecule has 7 heteroatoms. The van der Waals surface area contributed by atoms with E-state index >= 15 is 0 Å². The highest BCUT2D eigenvalue weighted by molar-refractivity contribution is 5.94. The van der Waals surface area contributed by atoms with Crippen LogP contribution in [0.4, 0.5) is 0 Å². The molecule has 7 nitrogen and oxygen atoms in total. The monoisotopic (exact) mass is 422 g/mol. The van der Waals surface area contributed by atoms with Crippen LogP contribution < -0.4 is 19.5 Å². The van der Waals surface area contributed by atoms with Crippen molar-refractivity contribution in [3.8, 4) is 29.6 Å². The summed E-state index contributed by atoms with van der Waals surface area (Å²) in [6.07, 6.45) is 6.10. The Balaban J connectivity index is 1.38. The standard InChI is InChI=1S/C24H26N2O5/c1-2-12-29-19-8-6-18(7-9-19)24(28)25-20-15-26(11-3-4-21(20)27)14-17-5-10-22-23(13-17)31-16-30-22/h1,5-10,13,20-21,27H,3-4,11-12,14-16H2,(H,25,28)/t20-,21-/m1/s1. The average Bonchev–Trinajstić information content (AvgIpc) is 3.18. The number of hydrogen-bond acceptors (Lipinski definition) is 6. The van der Waals surface area contributed by atoms with E-state index in [9.17, 15) is 9.90 Å². The number of hydrogen-bond donors (Lipinski definition) is 2. The molecule has 0 bridgehead atoms. The molecule has 0 aliphatic carbocycles. The minimum atomic E-state index is -0.594. The number of carbonyl (C=O) groups excluding carboxylic acids is 1. The molecule has 1 amide bonds. The van der Waals surface area contributed by atoms with E-state index in [1.54, 1.807) is 24.3 Å². The molecule has 2 N–H and O–H groups in total. The second kappa shape index (κ2) is 9.73. The topological polar surface area (TPSA) is 80.3 Å². The molecule has 2 heterocycles. The van der Waals surface area contributed by atoms with E-state index in [4.69, 9.17) is 20.6 Å². The number of terminal acetylenes is 1. The SMILES string of the molecule is C#CCOc1ccc(C(=O)N[C@@H]2CN(Cc3ccc4c(c3)OCO4)CCC[C@H]2O)cc1. The van der Waals surface area contributed by atoms with Gasteiger partial charge in [-0.05, 0) is 61.3 Å². The van der Waals surface area contributed by atoms with Gasteiger partial charge in [0, 0.05) is 18.7 Å². The van der Waals surface area contributed by atoms with Crippen LogP contribution in [0.5, 0.6) is 17.2 Å². The lowest BCUT2D eigenvalue weighted by Crippen LogP contribution is -2.48. The summed E-state index contributed by atoms with van der Waals surface area (Å²) in [5, 5.41) is 13.6. The van der Waals surface area contributed by atoms with E-state index in [1.807, 2.05) is 18.2 Å². The molecule has 31 heavy (non-hydrogen) atoms. The van der Waals surface area contributed by atoms with Crippen LogP contribution in [0.1, 0.15) is 28.8 Å². The maximum atomic E-state index is 12.7. The molecule has 0 spiro atoms. The van der Waals surface area contributed by atoms with E-state index in [-0.39, 0.29) is 25.3 Å². The fourth-order valence-electron chi connectivity index (χ4n) is 3.88. The molecule has 2 aliphatic heterocycles. The quantitative estimate of drug-likeness (QED) is 0.695. The molecule has 1 fully saturated rings. The summed E-state index contributed by atoms with van der Waals surface area (Å²) in [4.78, 5) is 15.0. The van der Waals surface area contributed by atoms with Gasteiger partial charge in [-0.1, -0.05) is 12.0 Å². The summed E-state index contributed by atoms with van der Waals surface area (Å²) in [7, 11) is 0. The zero-order chi connectivity index (χ0) is 21.6. The van der Waals surface area contributed by atoms with Crippen LogP contribution in [0.3, 0.4) is 0 Å². The van der Waals surface area contributed by atoms with Crippen molar-refractivity contribution in [3.63, 3.8) is 0 Å². The minimum absolute atomic E-state index is 0.180. The van der Waals surface area contributed by atoms with Crippen LogP contribution >= 0.6 is 0 Å². The van der Waals surface area contributed by atoms with Gasteiger partial charge < -0.3 is 24.6 Å². The van der Waals surface area contributed by atoms with Crippen LogP contribution in [0.2, 0.25) is 0 Å². The zero-order valence-corrected chi connectivity index (χ0v) is 17.3. The third kappa shape index (κ3) is 5.29. The fraction of sp³-hybridized carbons (Fsp3) is 0.375. The zero-order valence-electron chi connectivity index (χ0n) is 17.3. The number of likely N-dealkylation sites (tertiary alicyclic amines) is 1.